The van der Waals surface area contributed by atoms with Crippen LogP contribution in [0.3, 0.4) is 0 Å². The molecule has 0 aliphatic carbocycles. The number of rotatable bonds is 12. The summed E-state index contributed by atoms with van der Waals surface area (Å²) < 4.78 is 0. The van der Waals surface area contributed by atoms with Crippen molar-refractivity contribution in [1.82, 2.24) is 16.0 Å². The molecule has 11 nitrogen and oxygen atoms in total. The number of carboxylic acid groups (broad SMARTS) is 1. The van der Waals surface area contributed by atoms with E-state index in [0.29, 0.717) is 5.75 Å². The lowest BCUT2D eigenvalue weighted by molar-refractivity contribution is -0.142. The highest BCUT2D eigenvalue weighted by Crippen LogP contribution is 2.03. The second-order valence-electron chi connectivity index (χ2n) is 5.93. The monoisotopic (exact) mass is 405 g/mol. The molecule has 0 rings (SSSR count). The molecule has 4 unspecified atom stereocenters. The van der Waals surface area contributed by atoms with Crippen molar-refractivity contribution in [3.05, 3.63) is 0 Å². The second-order valence-corrected chi connectivity index (χ2v) is 6.92. The first kappa shape index (κ1) is 24.7. The zero-order valence-electron chi connectivity index (χ0n) is 15.5. The summed E-state index contributed by atoms with van der Waals surface area (Å²) in [6, 6.07) is -4.41. The fraction of sp³-hybridized carbons (Fsp3) is 0.667. The van der Waals surface area contributed by atoms with Gasteiger partial charge in [0.05, 0.1) is 12.5 Å². The lowest BCUT2D eigenvalue weighted by Crippen LogP contribution is -2.56. The van der Waals surface area contributed by atoms with Crippen LogP contribution in [-0.2, 0) is 24.0 Å². The molecular formula is C15H27N5O6S. The van der Waals surface area contributed by atoms with E-state index in [2.05, 4.69) is 16.0 Å². The van der Waals surface area contributed by atoms with Crippen molar-refractivity contribution < 1.29 is 29.1 Å². The van der Waals surface area contributed by atoms with Gasteiger partial charge in [0.15, 0.2) is 0 Å². The maximum atomic E-state index is 12.3. The molecule has 0 fully saturated rings. The molecule has 0 bridgehead atoms. The first-order valence-corrected chi connectivity index (χ1v) is 9.55. The lowest BCUT2D eigenvalue weighted by atomic mass is 10.1. The van der Waals surface area contributed by atoms with Crippen molar-refractivity contribution in [1.29, 1.82) is 0 Å². The molecule has 0 aliphatic heterocycles. The molecule has 154 valence electrons. The highest BCUT2D eigenvalue weighted by Gasteiger charge is 2.29. The average molecular weight is 405 g/mol. The van der Waals surface area contributed by atoms with E-state index in [1.54, 1.807) is 6.26 Å². The van der Waals surface area contributed by atoms with Crippen LogP contribution in [0.25, 0.3) is 0 Å². The lowest BCUT2D eigenvalue weighted by Gasteiger charge is -2.22. The van der Waals surface area contributed by atoms with Gasteiger partial charge in [0.1, 0.15) is 18.1 Å². The Morgan fingerprint density at radius 3 is 1.96 bits per heavy atom. The Kier molecular flexibility index (Phi) is 11.1. The standard InChI is InChI=1S/C15H27N5O6S/c1-7(16)12(22)18-8(2)13(23)20-10(6-11(17)21)14(24)19-9(15(25)26)4-5-27-3/h7-10H,4-6,16H2,1-3H3,(H2,17,21)(H,18,22)(H,19,24)(H,20,23)(H,25,26). The van der Waals surface area contributed by atoms with Crippen LogP contribution in [0.1, 0.15) is 26.7 Å². The fourth-order valence-corrected chi connectivity index (χ4v) is 2.35. The number of primary amides is 1. The number of nitrogens with two attached hydrogens (primary N) is 2. The largest absolute Gasteiger partial charge is 0.480 e. The van der Waals surface area contributed by atoms with Gasteiger partial charge in [-0.05, 0) is 32.3 Å². The summed E-state index contributed by atoms with van der Waals surface area (Å²) in [5.74, 6) is -3.79. The van der Waals surface area contributed by atoms with Gasteiger partial charge in [-0.1, -0.05) is 0 Å². The van der Waals surface area contributed by atoms with Crippen molar-refractivity contribution in [2.75, 3.05) is 12.0 Å². The van der Waals surface area contributed by atoms with Gasteiger partial charge in [-0.3, -0.25) is 19.2 Å². The molecule has 0 aromatic carbocycles. The van der Waals surface area contributed by atoms with Gasteiger partial charge in [0, 0.05) is 0 Å². The first-order chi connectivity index (χ1) is 12.5. The Hall–Kier alpha value is -2.34. The normalized spacial score (nSPS) is 15.0. The molecule has 0 spiro atoms. The molecule has 0 aromatic heterocycles. The Labute approximate surface area is 161 Å². The number of amides is 4. The van der Waals surface area contributed by atoms with Crippen LogP contribution in [0.4, 0.5) is 0 Å². The van der Waals surface area contributed by atoms with Crippen molar-refractivity contribution in [2.24, 2.45) is 11.5 Å². The van der Waals surface area contributed by atoms with Crippen LogP contribution in [0.2, 0.25) is 0 Å². The quantitative estimate of drug-likeness (QED) is 0.205. The van der Waals surface area contributed by atoms with Gasteiger partial charge in [0.25, 0.3) is 0 Å². The molecule has 0 radical (unpaired) electrons. The first-order valence-electron chi connectivity index (χ1n) is 8.16. The average Bonchev–Trinajstić information content (AvgIpc) is 2.56. The van der Waals surface area contributed by atoms with Crippen LogP contribution in [-0.4, -0.2) is 70.9 Å². The van der Waals surface area contributed by atoms with Crippen molar-refractivity contribution in [2.45, 2.75) is 50.9 Å². The summed E-state index contributed by atoms with van der Waals surface area (Å²) >= 11 is 1.41. The van der Waals surface area contributed by atoms with E-state index in [1.807, 2.05) is 0 Å². The smallest absolute Gasteiger partial charge is 0.326 e. The Bertz CT molecular complexity index is 571. The van der Waals surface area contributed by atoms with E-state index in [9.17, 15) is 29.1 Å². The molecule has 0 heterocycles. The van der Waals surface area contributed by atoms with Crippen LogP contribution >= 0.6 is 11.8 Å². The number of thioether (sulfide) groups is 1. The molecule has 0 saturated carbocycles. The topological polar surface area (TPSA) is 194 Å². The Morgan fingerprint density at radius 1 is 0.963 bits per heavy atom. The molecule has 4 amide bonds. The molecule has 12 heteroatoms. The molecule has 8 N–H and O–H groups in total. The van der Waals surface area contributed by atoms with E-state index < -0.39 is 60.2 Å². The summed E-state index contributed by atoms with van der Waals surface area (Å²) in [5, 5.41) is 16.1. The number of hydrogen-bond acceptors (Lipinski definition) is 7. The highest BCUT2D eigenvalue weighted by molar-refractivity contribution is 7.98. The van der Waals surface area contributed by atoms with Gasteiger partial charge < -0.3 is 32.5 Å². The number of nitrogens with one attached hydrogen (secondary N) is 3. The number of carbonyl (C=O) groups excluding carboxylic acids is 4. The Balaban J connectivity index is 5.06. The minimum absolute atomic E-state index is 0.167. The van der Waals surface area contributed by atoms with Gasteiger partial charge in [-0.25, -0.2) is 4.79 Å². The van der Waals surface area contributed by atoms with E-state index in [-0.39, 0.29) is 6.42 Å². The van der Waals surface area contributed by atoms with E-state index in [4.69, 9.17) is 11.5 Å². The number of carboxylic acids is 1. The highest BCUT2D eigenvalue weighted by atomic mass is 32.2. The van der Waals surface area contributed by atoms with Gasteiger partial charge in [0.2, 0.25) is 23.6 Å². The third-order valence-corrected chi connectivity index (χ3v) is 4.07. The predicted octanol–water partition coefficient (Wildman–Crippen LogP) is -2.48. The zero-order chi connectivity index (χ0) is 21.1. The van der Waals surface area contributed by atoms with Crippen molar-refractivity contribution in [3.63, 3.8) is 0 Å². The van der Waals surface area contributed by atoms with Crippen LogP contribution in [0, 0.1) is 0 Å². The Morgan fingerprint density at radius 2 is 1.52 bits per heavy atom. The van der Waals surface area contributed by atoms with Crippen molar-refractivity contribution in [3.8, 4) is 0 Å². The van der Waals surface area contributed by atoms with E-state index in [1.165, 1.54) is 25.6 Å². The molecule has 0 saturated heterocycles. The summed E-state index contributed by atoms with van der Waals surface area (Å²) in [6.45, 7) is 2.80. The second kappa shape index (κ2) is 12.1. The van der Waals surface area contributed by atoms with Gasteiger partial charge in [-0.2, -0.15) is 11.8 Å². The number of hydrogen-bond donors (Lipinski definition) is 6. The SMILES string of the molecule is CSCCC(NC(=O)C(CC(N)=O)NC(=O)C(C)NC(=O)C(C)N)C(=O)O. The summed E-state index contributed by atoms with van der Waals surface area (Å²) in [5.41, 5.74) is 10.5. The van der Waals surface area contributed by atoms with Crippen molar-refractivity contribution >= 4 is 41.4 Å². The van der Waals surface area contributed by atoms with E-state index >= 15 is 0 Å². The van der Waals surface area contributed by atoms with E-state index in [0.717, 1.165) is 0 Å². The molecular weight excluding hydrogens is 378 g/mol. The maximum absolute atomic E-state index is 12.3. The third-order valence-electron chi connectivity index (χ3n) is 3.43. The van der Waals surface area contributed by atoms with Crippen LogP contribution in [0.15, 0.2) is 0 Å². The summed E-state index contributed by atoms with van der Waals surface area (Å²) in [6.07, 6.45) is 1.43. The summed E-state index contributed by atoms with van der Waals surface area (Å²) in [7, 11) is 0. The predicted molar refractivity (Wildman–Crippen MR) is 99.6 cm³/mol. The van der Waals surface area contributed by atoms with Gasteiger partial charge in [-0.15, -0.1) is 0 Å². The minimum Gasteiger partial charge on any atom is -0.480 e. The minimum atomic E-state index is -1.37. The van der Waals surface area contributed by atoms with Crippen LogP contribution in [0.5, 0.6) is 0 Å². The molecule has 4 atom stereocenters. The molecule has 27 heavy (non-hydrogen) atoms. The maximum Gasteiger partial charge on any atom is 0.326 e. The molecule has 0 aliphatic rings. The van der Waals surface area contributed by atoms with Crippen LogP contribution < -0.4 is 27.4 Å². The van der Waals surface area contributed by atoms with Gasteiger partial charge >= 0.3 is 5.97 Å². The number of carbonyl (C=O) groups is 5. The molecule has 0 aromatic rings. The summed E-state index contributed by atoms with van der Waals surface area (Å²) in [4.78, 5) is 58.5. The zero-order valence-corrected chi connectivity index (χ0v) is 16.3. The number of aliphatic carboxylic acids is 1. The fourth-order valence-electron chi connectivity index (χ4n) is 1.88. The third kappa shape index (κ3) is 9.80.